The first-order valence-corrected chi connectivity index (χ1v) is 12.3. The Labute approximate surface area is 202 Å². The number of carbonyl (C=O) groups excluding carboxylic acids is 2. The molecule has 2 heterocycles. The first-order valence-electron chi connectivity index (χ1n) is 12.3. The zero-order chi connectivity index (χ0) is 23.9. The predicted molar refractivity (Wildman–Crippen MR) is 137 cm³/mol. The van der Waals surface area contributed by atoms with Crippen molar-refractivity contribution >= 4 is 28.5 Å². The summed E-state index contributed by atoms with van der Waals surface area (Å²) in [4.78, 5) is 33.9. The Bertz CT molecular complexity index is 1140. The molecule has 2 aromatic carbocycles. The molecule has 0 atom stereocenters. The molecule has 3 aromatic rings. The topological polar surface area (TPSA) is 65.5 Å². The number of anilines is 1. The molecule has 0 unspecified atom stereocenters. The van der Waals surface area contributed by atoms with E-state index in [0.29, 0.717) is 18.5 Å². The maximum atomic E-state index is 12.7. The maximum Gasteiger partial charge on any atom is 0.251 e. The van der Waals surface area contributed by atoms with Gasteiger partial charge in [0, 0.05) is 50.1 Å². The molecule has 1 saturated heterocycles. The van der Waals surface area contributed by atoms with Crippen LogP contribution in [0, 0.1) is 13.8 Å². The number of pyridine rings is 1. The molecule has 2 amide bonds. The van der Waals surface area contributed by atoms with Gasteiger partial charge < -0.3 is 15.1 Å². The third kappa shape index (κ3) is 5.74. The molecular weight excluding hydrogens is 424 g/mol. The van der Waals surface area contributed by atoms with Gasteiger partial charge in [0.15, 0.2) is 0 Å². The lowest BCUT2D eigenvalue weighted by molar-refractivity contribution is -0.131. The minimum atomic E-state index is -0.0409. The molecule has 1 N–H and O–H groups in total. The van der Waals surface area contributed by atoms with Crippen molar-refractivity contribution in [2.75, 3.05) is 37.6 Å². The Morgan fingerprint density at radius 2 is 1.65 bits per heavy atom. The third-order valence-corrected chi connectivity index (χ3v) is 6.58. The summed E-state index contributed by atoms with van der Waals surface area (Å²) in [6.07, 6.45) is 3.23. The van der Waals surface area contributed by atoms with Gasteiger partial charge in [0.05, 0.1) is 5.52 Å². The van der Waals surface area contributed by atoms with Gasteiger partial charge in [-0.15, -0.1) is 0 Å². The van der Waals surface area contributed by atoms with Gasteiger partial charge in [0.1, 0.15) is 5.82 Å². The average molecular weight is 459 g/mol. The third-order valence-electron chi connectivity index (χ3n) is 6.58. The number of nitrogens with one attached hydrogen (secondary N) is 1. The van der Waals surface area contributed by atoms with Crippen LogP contribution in [0.2, 0.25) is 0 Å². The van der Waals surface area contributed by atoms with Crippen LogP contribution in [-0.4, -0.2) is 54.4 Å². The molecule has 0 saturated carbocycles. The number of amides is 2. The highest BCUT2D eigenvalue weighted by atomic mass is 16.2. The number of nitrogens with zero attached hydrogens (tertiary/aromatic N) is 3. The number of hydrogen-bond donors (Lipinski definition) is 1. The molecule has 0 radical (unpaired) electrons. The molecule has 0 aliphatic carbocycles. The molecule has 0 bridgehead atoms. The van der Waals surface area contributed by atoms with Crippen molar-refractivity contribution in [2.24, 2.45) is 0 Å². The van der Waals surface area contributed by atoms with Crippen molar-refractivity contribution < 1.29 is 9.59 Å². The zero-order valence-corrected chi connectivity index (χ0v) is 20.2. The van der Waals surface area contributed by atoms with Crippen LogP contribution in [0.25, 0.3) is 10.9 Å². The summed E-state index contributed by atoms with van der Waals surface area (Å²) in [5.74, 6) is 1.19. The summed E-state index contributed by atoms with van der Waals surface area (Å²) < 4.78 is 0. The second kappa shape index (κ2) is 11.1. The van der Waals surface area contributed by atoms with E-state index in [9.17, 15) is 9.59 Å². The van der Waals surface area contributed by atoms with Gasteiger partial charge in [-0.05, 0) is 56.0 Å². The Morgan fingerprint density at radius 3 is 2.41 bits per heavy atom. The minimum absolute atomic E-state index is 0.0409. The summed E-state index contributed by atoms with van der Waals surface area (Å²) in [6, 6.07) is 17.7. The van der Waals surface area contributed by atoms with E-state index in [0.717, 1.165) is 56.8 Å². The summed E-state index contributed by atoms with van der Waals surface area (Å²) in [7, 11) is 0. The number of piperazine rings is 1. The smallest absolute Gasteiger partial charge is 0.251 e. The zero-order valence-electron chi connectivity index (χ0n) is 20.2. The van der Waals surface area contributed by atoms with Gasteiger partial charge in [0.25, 0.3) is 5.91 Å². The number of carbonyl (C=O) groups is 2. The normalized spacial score (nSPS) is 13.8. The lowest BCUT2D eigenvalue weighted by atomic mass is 10.1. The Morgan fingerprint density at radius 1 is 0.882 bits per heavy atom. The van der Waals surface area contributed by atoms with Gasteiger partial charge in [-0.1, -0.05) is 42.8 Å². The molecule has 178 valence electrons. The van der Waals surface area contributed by atoms with Crippen molar-refractivity contribution in [3.63, 3.8) is 0 Å². The molecule has 34 heavy (non-hydrogen) atoms. The molecule has 6 nitrogen and oxygen atoms in total. The number of para-hydroxylation sites is 1. The van der Waals surface area contributed by atoms with Crippen LogP contribution in [-0.2, 0) is 4.79 Å². The molecule has 1 aliphatic rings. The van der Waals surface area contributed by atoms with E-state index >= 15 is 0 Å². The van der Waals surface area contributed by atoms with Gasteiger partial charge in [0.2, 0.25) is 5.91 Å². The fraction of sp³-hybridized carbons (Fsp3) is 0.393. The summed E-state index contributed by atoms with van der Waals surface area (Å²) >= 11 is 0. The van der Waals surface area contributed by atoms with Crippen molar-refractivity contribution in [1.29, 1.82) is 0 Å². The van der Waals surface area contributed by atoms with E-state index in [4.69, 9.17) is 4.98 Å². The molecule has 1 aliphatic heterocycles. The standard InChI is InChI=1S/C28H34N4O2/c1-21-10-9-13-24-22(2)20-25(30-27(21)24)31-16-18-32(19-17-31)26(33)14-7-4-8-15-29-28(34)23-11-5-3-6-12-23/h3,5-6,9-13,20H,4,7-8,14-19H2,1-2H3,(H,29,34). The highest BCUT2D eigenvalue weighted by molar-refractivity contribution is 5.94. The number of aromatic nitrogens is 1. The van der Waals surface area contributed by atoms with Crippen LogP contribution in [0.15, 0.2) is 54.6 Å². The van der Waals surface area contributed by atoms with E-state index in [-0.39, 0.29) is 11.8 Å². The maximum absolute atomic E-state index is 12.7. The van der Waals surface area contributed by atoms with Gasteiger partial charge in [-0.2, -0.15) is 0 Å². The van der Waals surface area contributed by atoms with Crippen molar-refractivity contribution in [3.8, 4) is 0 Å². The van der Waals surface area contributed by atoms with Crippen molar-refractivity contribution in [3.05, 3.63) is 71.3 Å². The number of rotatable bonds is 8. The summed E-state index contributed by atoms with van der Waals surface area (Å²) in [6.45, 7) is 7.96. The highest BCUT2D eigenvalue weighted by Gasteiger charge is 2.22. The van der Waals surface area contributed by atoms with Crippen LogP contribution in [0.4, 0.5) is 5.82 Å². The fourth-order valence-electron chi connectivity index (χ4n) is 4.52. The number of fused-ring (bicyclic) bond motifs is 1. The first-order chi connectivity index (χ1) is 16.5. The molecule has 1 fully saturated rings. The van der Waals surface area contributed by atoms with Gasteiger partial charge in [-0.25, -0.2) is 4.98 Å². The number of unbranched alkanes of at least 4 members (excludes halogenated alkanes) is 2. The molecule has 1 aromatic heterocycles. The SMILES string of the molecule is Cc1cc(N2CCN(C(=O)CCCCCNC(=O)c3ccccc3)CC2)nc2c(C)cccc12. The van der Waals surface area contributed by atoms with Crippen LogP contribution in [0.3, 0.4) is 0 Å². The largest absolute Gasteiger partial charge is 0.353 e. The van der Waals surface area contributed by atoms with E-state index in [1.165, 1.54) is 16.5 Å². The molecular formula is C28H34N4O2. The lowest BCUT2D eigenvalue weighted by Gasteiger charge is -2.35. The minimum Gasteiger partial charge on any atom is -0.353 e. The lowest BCUT2D eigenvalue weighted by Crippen LogP contribution is -2.49. The molecule has 6 heteroatoms. The first kappa shape index (κ1) is 23.7. The number of hydrogen-bond acceptors (Lipinski definition) is 4. The van der Waals surface area contributed by atoms with Crippen LogP contribution in [0.5, 0.6) is 0 Å². The van der Waals surface area contributed by atoms with E-state index < -0.39 is 0 Å². The van der Waals surface area contributed by atoms with E-state index in [2.05, 4.69) is 48.3 Å². The van der Waals surface area contributed by atoms with Crippen molar-refractivity contribution in [2.45, 2.75) is 39.5 Å². The van der Waals surface area contributed by atoms with Gasteiger partial charge >= 0.3 is 0 Å². The Kier molecular flexibility index (Phi) is 7.78. The fourth-order valence-corrected chi connectivity index (χ4v) is 4.52. The van der Waals surface area contributed by atoms with Gasteiger partial charge in [-0.3, -0.25) is 9.59 Å². The quantitative estimate of drug-likeness (QED) is 0.505. The molecule has 0 spiro atoms. The molecule has 4 rings (SSSR count). The second-order valence-corrected chi connectivity index (χ2v) is 9.07. The number of benzene rings is 2. The highest BCUT2D eigenvalue weighted by Crippen LogP contribution is 2.25. The Balaban J connectivity index is 1.17. The Hall–Kier alpha value is -3.41. The van der Waals surface area contributed by atoms with E-state index in [1.54, 1.807) is 0 Å². The van der Waals surface area contributed by atoms with Crippen LogP contribution in [0.1, 0.15) is 47.2 Å². The monoisotopic (exact) mass is 458 g/mol. The van der Waals surface area contributed by atoms with Crippen LogP contribution < -0.4 is 10.2 Å². The van der Waals surface area contributed by atoms with E-state index in [1.807, 2.05) is 35.2 Å². The van der Waals surface area contributed by atoms with Crippen molar-refractivity contribution in [1.82, 2.24) is 15.2 Å². The number of aryl methyl sites for hydroxylation is 2. The summed E-state index contributed by atoms with van der Waals surface area (Å²) in [5.41, 5.74) is 4.18. The second-order valence-electron chi connectivity index (χ2n) is 9.07. The van der Waals surface area contributed by atoms with Crippen LogP contribution >= 0.6 is 0 Å². The summed E-state index contributed by atoms with van der Waals surface area (Å²) in [5, 5.41) is 4.15. The predicted octanol–water partition coefficient (Wildman–Crippen LogP) is 4.49. The average Bonchev–Trinajstić information content (AvgIpc) is 2.87.